The summed E-state index contributed by atoms with van der Waals surface area (Å²) < 4.78 is 5.21. The smallest absolute Gasteiger partial charge is 0.185 e. The summed E-state index contributed by atoms with van der Waals surface area (Å²) in [5.74, 6) is 0.975. The van der Waals surface area contributed by atoms with Crippen LogP contribution in [0.25, 0.3) is 10.9 Å². The van der Waals surface area contributed by atoms with Gasteiger partial charge in [-0.05, 0) is 30.2 Å². The van der Waals surface area contributed by atoms with Crippen LogP contribution >= 0.6 is 24.0 Å². The number of nitrogens with one attached hydrogen (secondary N) is 1. The third-order valence-electron chi connectivity index (χ3n) is 2.65. The lowest BCUT2D eigenvalue weighted by molar-refractivity contribution is 0.415. The minimum Gasteiger partial charge on any atom is -0.497 e. The van der Waals surface area contributed by atoms with E-state index in [9.17, 15) is 0 Å². The number of nitrogens with zero attached hydrogens (tertiary/aromatic N) is 1. The molecule has 2 aromatic rings. The average Bonchev–Trinajstić information content (AvgIpc) is 2.71. The van der Waals surface area contributed by atoms with Gasteiger partial charge in [0.25, 0.3) is 0 Å². The second-order valence-corrected chi connectivity index (χ2v) is 3.78. The third kappa shape index (κ3) is 3.28. The van der Waals surface area contributed by atoms with Crippen LogP contribution in [-0.2, 0) is 6.42 Å². The lowest BCUT2D eigenvalue weighted by Gasteiger charge is -2.01. The number of nitrogens with two attached hydrogens (primary N) is 2. The van der Waals surface area contributed by atoms with Gasteiger partial charge in [-0.15, -0.1) is 24.0 Å². The van der Waals surface area contributed by atoms with E-state index in [4.69, 9.17) is 16.2 Å². The maximum Gasteiger partial charge on any atom is 0.185 e. The SMILES string of the molecule is COc1ccc2[nH]cc(CCN=C(N)N)c2c1.I. The van der Waals surface area contributed by atoms with E-state index in [1.807, 2.05) is 24.4 Å². The lowest BCUT2D eigenvalue weighted by atomic mass is 10.1. The van der Waals surface area contributed by atoms with Crippen molar-refractivity contribution in [2.75, 3.05) is 13.7 Å². The Morgan fingerprint density at radius 1 is 1.39 bits per heavy atom. The van der Waals surface area contributed by atoms with Gasteiger partial charge in [0.15, 0.2) is 5.96 Å². The monoisotopic (exact) mass is 360 g/mol. The van der Waals surface area contributed by atoms with E-state index in [1.165, 1.54) is 5.56 Å². The van der Waals surface area contributed by atoms with Gasteiger partial charge in [-0.2, -0.15) is 0 Å². The number of H-pyrrole nitrogens is 1. The summed E-state index contributed by atoms with van der Waals surface area (Å²) in [6.45, 7) is 0.590. The highest BCUT2D eigenvalue weighted by Crippen LogP contribution is 2.23. The van der Waals surface area contributed by atoms with Crippen LogP contribution in [0.1, 0.15) is 5.56 Å². The standard InChI is InChI=1S/C12H16N4O.HI/c1-17-9-2-3-11-10(6-9)8(7-16-11)4-5-15-12(13)14;/h2-3,6-7,16H,4-5H2,1H3,(H4,13,14,15);1H. The second-order valence-electron chi connectivity index (χ2n) is 3.78. The third-order valence-corrected chi connectivity index (χ3v) is 2.65. The van der Waals surface area contributed by atoms with Gasteiger partial charge < -0.3 is 21.2 Å². The predicted molar refractivity (Wildman–Crippen MR) is 84.6 cm³/mol. The van der Waals surface area contributed by atoms with Gasteiger partial charge in [-0.25, -0.2) is 0 Å². The van der Waals surface area contributed by atoms with Crippen molar-refractivity contribution in [2.45, 2.75) is 6.42 Å². The molecular formula is C12H17IN4O. The summed E-state index contributed by atoms with van der Waals surface area (Å²) in [7, 11) is 1.66. The van der Waals surface area contributed by atoms with Gasteiger partial charge in [0.05, 0.1) is 7.11 Å². The number of halogens is 1. The summed E-state index contributed by atoms with van der Waals surface area (Å²) in [6, 6.07) is 5.94. The highest BCUT2D eigenvalue weighted by molar-refractivity contribution is 14.0. The summed E-state index contributed by atoms with van der Waals surface area (Å²) in [5, 5.41) is 1.15. The number of ether oxygens (including phenoxy) is 1. The highest BCUT2D eigenvalue weighted by atomic mass is 127. The van der Waals surface area contributed by atoms with E-state index < -0.39 is 0 Å². The van der Waals surface area contributed by atoms with Crippen LogP contribution in [-0.4, -0.2) is 24.6 Å². The molecule has 18 heavy (non-hydrogen) atoms. The van der Waals surface area contributed by atoms with Gasteiger partial charge >= 0.3 is 0 Å². The van der Waals surface area contributed by atoms with Crippen molar-refractivity contribution < 1.29 is 4.74 Å². The van der Waals surface area contributed by atoms with E-state index >= 15 is 0 Å². The molecule has 5 nitrogen and oxygen atoms in total. The molecule has 98 valence electrons. The van der Waals surface area contributed by atoms with Crippen molar-refractivity contribution >= 4 is 40.8 Å². The van der Waals surface area contributed by atoms with Crippen molar-refractivity contribution in [3.8, 4) is 5.75 Å². The summed E-state index contributed by atoms with van der Waals surface area (Å²) in [6.07, 6.45) is 2.78. The molecule has 5 N–H and O–H groups in total. The highest BCUT2D eigenvalue weighted by Gasteiger charge is 2.04. The van der Waals surface area contributed by atoms with Gasteiger partial charge in [0.2, 0.25) is 0 Å². The van der Waals surface area contributed by atoms with Crippen molar-refractivity contribution in [1.82, 2.24) is 4.98 Å². The van der Waals surface area contributed by atoms with Crippen LogP contribution in [0.5, 0.6) is 5.75 Å². The molecule has 0 radical (unpaired) electrons. The van der Waals surface area contributed by atoms with Gasteiger partial charge in [-0.1, -0.05) is 0 Å². The Kier molecular flexibility index (Phi) is 5.26. The number of aromatic amines is 1. The Labute approximate surface area is 123 Å². The molecule has 0 bridgehead atoms. The molecule has 0 unspecified atom stereocenters. The molecule has 0 amide bonds. The number of aromatic nitrogens is 1. The van der Waals surface area contributed by atoms with Crippen molar-refractivity contribution in [2.24, 2.45) is 16.5 Å². The molecule has 1 aromatic heterocycles. The van der Waals surface area contributed by atoms with E-state index in [0.29, 0.717) is 6.54 Å². The Hall–Kier alpha value is -1.44. The van der Waals surface area contributed by atoms with Crippen molar-refractivity contribution in [1.29, 1.82) is 0 Å². The van der Waals surface area contributed by atoms with E-state index in [2.05, 4.69) is 9.98 Å². The Morgan fingerprint density at radius 2 is 2.17 bits per heavy atom. The van der Waals surface area contributed by atoms with Crippen LogP contribution in [0, 0.1) is 0 Å². The molecule has 2 rings (SSSR count). The number of rotatable bonds is 4. The second kappa shape index (κ2) is 6.48. The van der Waals surface area contributed by atoms with E-state index in [1.54, 1.807) is 7.11 Å². The lowest BCUT2D eigenvalue weighted by Crippen LogP contribution is -2.23. The number of fused-ring (bicyclic) bond motifs is 1. The van der Waals surface area contributed by atoms with Crippen molar-refractivity contribution in [3.05, 3.63) is 30.0 Å². The number of guanidine groups is 1. The molecule has 0 saturated heterocycles. The number of methoxy groups -OCH3 is 1. The minimum atomic E-state index is 0. The quantitative estimate of drug-likeness (QED) is 0.440. The number of benzene rings is 1. The fourth-order valence-electron chi connectivity index (χ4n) is 1.80. The molecule has 0 aliphatic heterocycles. The summed E-state index contributed by atoms with van der Waals surface area (Å²) in [5.41, 5.74) is 12.9. The largest absolute Gasteiger partial charge is 0.497 e. The zero-order valence-corrected chi connectivity index (χ0v) is 12.5. The Morgan fingerprint density at radius 3 is 2.83 bits per heavy atom. The molecule has 1 aromatic carbocycles. The first-order valence-electron chi connectivity index (χ1n) is 5.40. The van der Waals surface area contributed by atoms with Crippen LogP contribution in [0.4, 0.5) is 0 Å². The van der Waals surface area contributed by atoms with Gasteiger partial charge in [0.1, 0.15) is 5.75 Å². The Balaban J connectivity index is 0.00000162. The normalized spacial score (nSPS) is 9.83. The maximum atomic E-state index is 5.29. The fourth-order valence-corrected chi connectivity index (χ4v) is 1.80. The average molecular weight is 360 g/mol. The Bertz CT molecular complexity index is 546. The van der Waals surface area contributed by atoms with Gasteiger partial charge in [0, 0.05) is 23.6 Å². The van der Waals surface area contributed by atoms with E-state index in [-0.39, 0.29) is 29.9 Å². The molecular weight excluding hydrogens is 343 g/mol. The summed E-state index contributed by atoms with van der Waals surface area (Å²) in [4.78, 5) is 7.19. The van der Waals surface area contributed by atoms with Crippen LogP contribution < -0.4 is 16.2 Å². The molecule has 1 heterocycles. The molecule has 0 aliphatic carbocycles. The molecule has 0 spiro atoms. The predicted octanol–water partition coefficient (Wildman–Crippen LogP) is 1.61. The maximum absolute atomic E-state index is 5.29. The first kappa shape index (κ1) is 14.6. The van der Waals surface area contributed by atoms with Crippen LogP contribution in [0.2, 0.25) is 0 Å². The molecule has 0 fully saturated rings. The fraction of sp³-hybridized carbons (Fsp3) is 0.250. The number of hydrogen-bond acceptors (Lipinski definition) is 2. The number of hydrogen-bond donors (Lipinski definition) is 3. The first-order chi connectivity index (χ1) is 8.20. The molecule has 0 aliphatic rings. The van der Waals surface area contributed by atoms with Crippen LogP contribution in [0.3, 0.4) is 0 Å². The molecule has 0 saturated carbocycles. The molecule has 0 atom stereocenters. The zero-order chi connectivity index (χ0) is 12.3. The first-order valence-corrected chi connectivity index (χ1v) is 5.40. The zero-order valence-electron chi connectivity index (χ0n) is 10.1. The minimum absolute atomic E-state index is 0. The summed E-state index contributed by atoms with van der Waals surface area (Å²) >= 11 is 0. The van der Waals surface area contributed by atoms with Gasteiger partial charge in [-0.3, -0.25) is 4.99 Å². The van der Waals surface area contributed by atoms with E-state index in [0.717, 1.165) is 23.1 Å². The number of aliphatic imine (C=N–C) groups is 1. The molecule has 6 heteroatoms. The van der Waals surface area contributed by atoms with Crippen molar-refractivity contribution in [3.63, 3.8) is 0 Å². The van der Waals surface area contributed by atoms with Crippen LogP contribution in [0.15, 0.2) is 29.4 Å². The topological polar surface area (TPSA) is 89.4 Å².